The molecule has 0 radical (unpaired) electrons. The normalized spacial score (nSPS) is 15.5. The first-order valence-corrected chi connectivity index (χ1v) is 8.53. The second kappa shape index (κ2) is 7.29. The number of hydrogen-bond acceptors (Lipinski definition) is 5. The predicted molar refractivity (Wildman–Crippen MR) is 89.4 cm³/mol. The molecule has 0 fully saturated rings. The number of anilines is 1. The minimum atomic E-state index is -0.819. The van der Waals surface area contributed by atoms with Crippen molar-refractivity contribution in [3.05, 3.63) is 16.0 Å². The van der Waals surface area contributed by atoms with Crippen LogP contribution in [0.1, 0.15) is 41.1 Å². The summed E-state index contributed by atoms with van der Waals surface area (Å²) in [5.41, 5.74) is 9.80. The lowest BCUT2D eigenvalue weighted by atomic mass is 9.93. The van der Waals surface area contributed by atoms with Gasteiger partial charge in [-0.1, -0.05) is 0 Å². The Morgan fingerprint density at radius 3 is 2.67 bits per heavy atom. The summed E-state index contributed by atoms with van der Waals surface area (Å²) in [5, 5.41) is 5.30. The van der Waals surface area contributed by atoms with Crippen LogP contribution in [-0.4, -0.2) is 36.4 Å². The van der Waals surface area contributed by atoms with Gasteiger partial charge in [0.2, 0.25) is 0 Å². The number of hydrogen-bond donors (Lipinski definition) is 4. The summed E-state index contributed by atoms with van der Waals surface area (Å²) in [6, 6.07) is 0. The SMILES string of the molecule is CC1(C)Cc2c(sc(NC(=O)C(=O)NCCC[NH3+])c2C(N)=O)CO1. The number of primary amides is 1. The van der Waals surface area contributed by atoms with Crippen molar-refractivity contribution in [2.75, 3.05) is 18.4 Å². The van der Waals surface area contributed by atoms with E-state index >= 15 is 0 Å². The topological polar surface area (TPSA) is 138 Å². The Morgan fingerprint density at radius 1 is 1.33 bits per heavy atom. The van der Waals surface area contributed by atoms with Crippen molar-refractivity contribution in [1.29, 1.82) is 0 Å². The summed E-state index contributed by atoms with van der Waals surface area (Å²) in [7, 11) is 0. The fourth-order valence-electron chi connectivity index (χ4n) is 2.47. The Morgan fingerprint density at radius 2 is 2.04 bits per heavy atom. The number of carbonyl (C=O) groups is 3. The first kappa shape index (κ1) is 18.4. The molecule has 132 valence electrons. The molecular weight excluding hydrogens is 332 g/mol. The third kappa shape index (κ3) is 4.11. The van der Waals surface area contributed by atoms with Crippen molar-refractivity contribution in [2.45, 2.75) is 38.9 Å². The van der Waals surface area contributed by atoms with E-state index in [9.17, 15) is 14.4 Å². The predicted octanol–water partition coefficient (Wildman–Crippen LogP) is -0.615. The molecule has 7 N–H and O–H groups in total. The molecule has 2 rings (SSSR count). The number of quaternary nitrogens is 1. The molecule has 1 aliphatic heterocycles. The number of amides is 3. The van der Waals surface area contributed by atoms with Crippen molar-refractivity contribution >= 4 is 34.1 Å². The van der Waals surface area contributed by atoms with Crippen molar-refractivity contribution in [1.82, 2.24) is 5.32 Å². The van der Waals surface area contributed by atoms with Crippen LogP contribution in [0, 0.1) is 0 Å². The molecule has 0 saturated heterocycles. The minimum absolute atomic E-state index is 0.269. The van der Waals surface area contributed by atoms with Gasteiger partial charge in [0.25, 0.3) is 5.91 Å². The van der Waals surface area contributed by atoms with E-state index in [1.807, 2.05) is 13.8 Å². The monoisotopic (exact) mass is 355 g/mol. The average Bonchev–Trinajstić information content (AvgIpc) is 2.83. The average molecular weight is 355 g/mol. The lowest BCUT2D eigenvalue weighted by molar-refractivity contribution is -0.367. The highest BCUT2D eigenvalue weighted by molar-refractivity contribution is 7.17. The van der Waals surface area contributed by atoms with Crippen LogP contribution in [0.25, 0.3) is 0 Å². The zero-order valence-electron chi connectivity index (χ0n) is 13.9. The van der Waals surface area contributed by atoms with E-state index in [0.717, 1.165) is 10.4 Å². The zero-order chi connectivity index (χ0) is 17.9. The summed E-state index contributed by atoms with van der Waals surface area (Å²) in [4.78, 5) is 36.5. The summed E-state index contributed by atoms with van der Waals surface area (Å²) in [5.74, 6) is -2.19. The molecule has 9 heteroatoms. The van der Waals surface area contributed by atoms with Gasteiger partial charge in [0.05, 0.1) is 24.3 Å². The fourth-order valence-corrected chi connectivity index (χ4v) is 3.60. The number of carbonyl (C=O) groups excluding carboxylic acids is 3. The van der Waals surface area contributed by atoms with E-state index in [2.05, 4.69) is 16.4 Å². The molecule has 24 heavy (non-hydrogen) atoms. The quantitative estimate of drug-likeness (QED) is 0.413. The van der Waals surface area contributed by atoms with E-state index in [1.54, 1.807) is 0 Å². The van der Waals surface area contributed by atoms with Crippen LogP contribution in [0.15, 0.2) is 0 Å². The molecule has 0 spiro atoms. The van der Waals surface area contributed by atoms with Gasteiger partial charge in [-0.2, -0.15) is 0 Å². The Hall–Kier alpha value is -1.97. The standard InChI is InChI=1S/C15H22N4O4S/c1-15(2)6-8-9(7-23-15)24-14(10(8)11(17)20)19-13(22)12(21)18-5-3-4-16/h3-7,16H2,1-2H3,(H2,17,20)(H,18,21)(H,19,22)/p+1. The van der Waals surface area contributed by atoms with Gasteiger partial charge in [-0.05, 0) is 19.4 Å². The van der Waals surface area contributed by atoms with Crippen LogP contribution in [0.3, 0.4) is 0 Å². The lowest BCUT2D eigenvalue weighted by Crippen LogP contribution is -2.51. The molecule has 0 atom stereocenters. The van der Waals surface area contributed by atoms with Gasteiger partial charge in [-0.15, -0.1) is 11.3 Å². The van der Waals surface area contributed by atoms with Gasteiger partial charge in [-0.3, -0.25) is 14.4 Å². The fraction of sp³-hybridized carbons (Fsp3) is 0.533. The van der Waals surface area contributed by atoms with Gasteiger partial charge in [-0.25, -0.2) is 0 Å². The van der Waals surface area contributed by atoms with Crippen molar-refractivity contribution in [3.63, 3.8) is 0 Å². The highest BCUT2D eigenvalue weighted by atomic mass is 32.1. The third-order valence-corrected chi connectivity index (χ3v) is 4.80. The number of rotatable bonds is 5. The number of nitrogens with two attached hydrogens (primary N) is 1. The van der Waals surface area contributed by atoms with Crippen molar-refractivity contribution in [2.24, 2.45) is 5.73 Å². The molecule has 0 bridgehead atoms. The maximum absolute atomic E-state index is 12.0. The molecule has 0 unspecified atom stereocenters. The van der Waals surface area contributed by atoms with E-state index in [4.69, 9.17) is 10.5 Å². The summed E-state index contributed by atoms with van der Waals surface area (Å²) >= 11 is 1.22. The first-order valence-electron chi connectivity index (χ1n) is 7.72. The van der Waals surface area contributed by atoms with Crippen LogP contribution < -0.4 is 22.1 Å². The highest BCUT2D eigenvalue weighted by Crippen LogP contribution is 2.40. The van der Waals surface area contributed by atoms with Crippen molar-refractivity contribution in [3.8, 4) is 0 Å². The maximum atomic E-state index is 12.0. The molecule has 8 nitrogen and oxygen atoms in total. The van der Waals surface area contributed by atoms with E-state index in [-0.39, 0.29) is 5.56 Å². The summed E-state index contributed by atoms with van der Waals surface area (Å²) in [6.45, 7) is 5.24. The zero-order valence-corrected chi connectivity index (χ0v) is 14.7. The van der Waals surface area contributed by atoms with Crippen LogP contribution in [0.5, 0.6) is 0 Å². The van der Waals surface area contributed by atoms with Crippen molar-refractivity contribution < 1.29 is 24.9 Å². The molecule has 1 aromatic rings. The minimum Gasteiger partial charge on any atom is -0.370 e. The van der Waals surface area contributed by atoms with Gasteiger partial charge in [0.15, 0.2) is 0 Å². The van der Waals surface area contributed by atoms with E-state index < -0.39 is 23.3 Å². The lowest BCUT2D eigenvalue weighted by Gasteiger charge is -2.30. The largest absolute Gasteiger partial charge is 0.370 e. The highest BCUT2D eigenvalue weighted by Gasteiger charge is 2.33. The van der Waals surface area contributed by atoms with E-state index in [0.29, 0.717) is 37.5 Å². The number of thiophene rings is 1. The molecule has 0 aromatic carbocycles. The van der Waals surface area contributed by atoms with Gasteiger partial charge in [0, 0.05) is 24.3 Å². The Kier molecular flexibility index (Phi) is 5.58. The van der Waals surface area contributed by atoms with E-state index in [1.165, 1.54) is 11.3 Å². The Labute approximate surface area is 143 Å². The summed E-state index contributed by atoms with van der Waals surface area (Å²) in [6.07, 6.45) is 1.20. The van der Waals surface area contributed by atoms with Gasteiger partial charge < -0.3 is 26.8 Å². The summed E-state index contributed by atoms with van der Waals surface area (Å²) < 4.78 is 5.72. The second-order valence-corrected chi connectivity index (χ2v) is 7.32. The van der Waals surface area contributed by atoms with Crippen LogP contribution >= 0.6 is 11.3 Å². The van der Waals surface area contributed by atoms with Gasteiger partial charge in [0.1, 0.15) is 5.00 Å². The number of fused-ring (bicyclic) bond motifs is 1. The molecule has 1 aromatic heterocycles. The van der Waals surface area contributed by atoms with Gasteiger partial charge >= 0.3 is 11.8 Å². The van der Waals surface area contributed by atoms with Crippen LogP contribution in [0.4, 0.5) is 5.00 Å². The first-order chi connectivity index (χ1) is 11.2. The molecule has 0 saturated carbocycles. The molecule has 3 amide bonds. The molecule has 1 aliphatic rings. The third-order valence-electron chi connectivity index (χ3n) is 3.68. The van der Waals surface area contributed by atoms with Crippen LogP contribution in [-0.2, 0) is 27.4 Å². The van der Waals surface area contributed by atoms with Crippen LogP contribution in [0.2, 0.25) is 0 Å². The molecule has 2 heterocycles. The maximum Gasteiger partial charge on any atom is 0.314 e. The smallest absolute Gasteiger partial charge is 0.314 e. The molecule has 0 aliphatic carbocycles. The number of ether oxygens (including phenoxy) is 1. The number of nitrogens with one attached hydrogen (secondary N) is 2. The Bertz CT molecular complexity index is 669. The second-order valence-electron chi connectivity index (χ2n) is 6.21. The Balaban J connectivity index is 2.19. The molecular formula is C15H23N4O4S+.